The molecule has 0 aromatic carbocycles. The first-order valence-corrected chi connectivity index (χ1v) is 24.0. The van der Waals surface area contributed by atoms with Crippen LogP contribution in [0.2, 0.25) is 39.3 Å². The van der Waals surface area contributed by atoms with Crippen LogP contribution in [0.25, 0.3) is 0 Å². The lowest BCUT2D eigenvalue weighted by atomic mass is 9.49. The van der Waals surface area contributed by atoms with Crippen LogP contribution < -0.4 is 5.32 Å². The van der Waals surface area contributed by atoms with Gasteiger partial charge in [0.05, 0.1) is 19.0 Å². The Balaban J connectivity index is 1.91. The van der Waals surface area contributed by atoms with Crippen molar-refractivity contribution in [3.05, 3.63) is 11.8 Å². The number of hydrogen-bond acceptors (Lipinski definition) is 5. The Hall–Kier alpha value is 0.0938. The molecule has 9 atom stereocenters. The molecule has 2 unspecified atom stereocenters. The van der Waals surface area contributed by atoms with Crippen LogP contribution in [-0.2, 0) is 18.4 Å². The molecule has 0 amide bonds. The molecule has 0 aromatic rings. The molecule has 2 fully saturated rings. The molecular formula is C32H60INO4Si2. The standard InChI is InChI=1S/C32H60INO4Si2/c1-22(12-15-29(35)36-5)24-13-14-25-30-26(17-19-31(24,25)2)32(3,28(33)20-27(30)38-40(9,10)11)18-16-23(21-34-4)37-39(6,7)8/h20,22-26,28,30,34H,12-19,21H2,1-11H3/t22-,23-,24-,25?,26?,28-,30+,31-,32-/m1/s1. The first-order valence-electron chi connectivity index (χ1n) is 15.9. The van der Waals surface area contributed by atoms with Gasteiger partial charge in [-0.2, -0.15) is 0 Å². The Morgan fingerprint density at radius 3 is 2.33 bits per heavy atom. The minimum atomic E-state index is -1.75. The quantitative estimate of drug-likeness (QED) is 0.0903. The summed E-state index contributed by atoms with van der Waals surface area (Å²) in [5.41, 5.74) is 0.523. The summed E-state index contributed by atoms with van der Waals surface area (Å²) >= 11 is 2.73. The molecule has 8 heteroatoms. The normalized spacial score (nSPS) is 35.8. The highest BCUT2D eigenvalue weighted by Gasteiger charge is 2.61. The van der Waals surface area contributed by atoms with Crippen LogP contribution in [0, 0.1) is 40.4 Å². The number of nitrogens with one attached hydrogen (secondary N) is 1. The number of alkyl halides is 1. The third kappa shape index (κ3) is 7.97. The molecule has 232 valence electrons. The SMILES string of the molecule is CNC[C@@H](CC[C@]1(C)C2CC[C@@]3(C)C(CC[C@@H]3[C@H](C)CCC(=O)OC)[C@@H]2C(O[Si](C)(C)C)=C[C@H]1I)O[Si](C)(C)C. The van der Waals surface area contributed by atoms with Crippen LogP contribution in [0.1, 0.15) is 72.1 Å². The minimum absolute atomic E-state index is 0.0742. The maximum Gasteiger partial charge on any atom is 0.305 e. The van der Waals surface area contributed by atoms with E-state index < -0.39 is 16.6 Å². The molecule has 5 nitrogen and oxygen atoms in total. The lowest BCUT2D eigenvalue weighted by molar-refractivity contribution is -0.141. The van der Waals surface area contributed by atoms with Crippen molar-refractivity contribution in [3.8, 4) is 0 Å². The summed E-state index contributed by atoms with van der Waals surface area (Å²) < 4.78 is 19.1. The number of carbonyl (C=O) groups is 1. The second-order valence-electron chi connectivity index (χ2n) is 15.7. The van der Waals surface area contributed by atoms with E-state index in [-0.39, 0.29) is 17.5 Å². The van der Waals surface area contributed by atoms with E-state index in [0.29, 0.717) is 45.3 Å². The molecule has 3 aliphatic rings. The van der Waals surface area contributed by atoms with Gasteiger partial charge in [-0.05, 0) is 132 Å². The van der Waals surface area contributed by atoms with E-state index in [2.05, 4.69) is 94.0 Å². The molecule has 0 saturated heterocycles. The first kappa shape index (κ1) is 34.6. The summed E-state index contributed by atoms with van der Waals surface area (Å²) in [6.45, 7) is 22.4. The average Bonchev–Trinajstić information content (AvgIpc) is 3.19. The van der Waals surface area contributed by atoms with Crippen molar-refractivity contribution in [2.45, 2.75) is 121 Å². The van der Waals surface area contributed by atoms with Gasteiger partial charge in [0.15, 0.2) is 8.32 Å². The predicted molar refractivity (Wildman–Crippen MR) is 181 cm³/mol. The van der Waals surface area contributed by atoms with Crippen LogP contribution in [0.5, 0.6) is 0 Å². The smallest absolute Gasteiger partial charge is 0.305 e. The molecule has 0 spiro atoms. The van der Waals surface area contributed by atoms with E-state index in [4.69, 9.17) is 13.6 Å². The summed E-state index contributed by atoms with van der Waals surface area (Å²) in [6.07, 6.45) is 11.7. The predicted octanol–water partition coefficient (Wildman–Crippen LogP) is 8.41. The average molecular weight is 706 g/mol. The summed E-state index contributed by atoms with van der Waals surface area (Å²) in [4.78, 5) is 11.9. The number of esters is 1. The summed E-state index contributed by atoms with van der Waals surface area (Å²) in [7, 11) is 0.182. The van der Waals surface area contributed by atoms with Crippen molar-refractivity contribution in [1.29, 1.82) is 0 Å². The molecule has 3 rings (SSSR count). The zero-order valence-corrected chi connectivity index (χ0v) is 31.7. The van der Waals surface area contributed by atoms with Gasteiger partial charge in [-0.25, -0.2) is 0 Å². The number of halogens is 1. The van der Waals surface area contributed by atoms with Crippen molar-refractivity contribution < 1.29 is 18.4 Å². The minimum Gasteiger partial charge on any atom is -0.547 e. The van der Waals surface area contributed by atoms with Gasteiger partial charge in [-0.15, -0.1) is 0 Å². The fourth-order valence-electron chi connectivity index (χ4n) is 8.73. The van der Waals surface area contributed by atoms with Gasteiger partial charge in [-0.3, -0.25) is 4.79 Å². The second-order valence-corrected chi connectivity index (χ2v) is 25.9. The Morgan fingerprint density at radius 1 is 1.07 bits per heavy atom. The van der Waals surface area contributed by atoms with Crippen LogP contribution in [0.3, 0.4) is 0 Å². The number of carbonyl (C=O) groups excluding carboxylic acids is 1. The molecule has 3 aliphatic carbocycles. The van der Waals surface area contributed by atoms with Gasteiger partial charge in [0.1, 0.15) is 0 Å². The van der Waals surface area contributed by atoms with Crippen molar-refractivity contribution in [3.63, 3.8) is 0 Å². The van der Waals surface area contributed by atoms with E-state index in [9.17, 15) is 4.79 Å². The highest BCUT2D eigenvalue weighted by molar-refractivity contribution is 14.1. The zero-order chi connectivity index (χ0) is 30.1. The molecule has 0 aliphatic heterocycles. The molecule has 0 heterocycles. The number of fused-ring (bicyclic) bond motifs is 3. The first-order chi connectivity index (χ1) is 18.4. The maximum atomic E-state index is 11.9. The lowest BCUT2D eigenvalue weighted by Gasteiger charge is -2.58. The van der Waals surface area contributed by atoms with Crippen LogP contribution in [0.15, 0.2) is 11.8 Å². The van der Waals surface area contributed by atoms with Gasteiger partial charge in [0.2, 0.25) is 8.32 Å². The monoisotopic (exact) mass is 705 g/mol. The van der Waals surface area contributed by atoms with Crippen LogP contribution in [-0.4, -0.2) is 53.3 Å². The maximum absolute atomic E-state index is 11.9. The summed E-state index contributed by atoms with van der Waals surface area (Å²) in [6, 6.07) is 0. The molecule has 1 N–H and O–H groups in total. The highest BCUT2D eigenvalue weighted by atomic mass is 127. The third-order valence-electron chi connectivity index (χ3n) is 10.6. The third-order valence-corrected chi connectivity index (χ3v) is 14.2. The van der Waals surface area contributed by atoms with Crippen molar-refractivity contribution in [2.24, 2.45) is 40.4 Å². The Labute approximate surface area is 262 Å². The number of allylic oxidation sites excluding steroid dienone is 2. The van der Waals surface area contributed by atoms with E-state index in [1.54, 1.807) is 0 Å². The van der Waals surface area contributed by atoms with E-state index in [0.717, 1.165) is 19.4 Å². The zero-order valence-electron chi connectivity index (χ0n) is 27.5. The van der Waals surface area contributed by atoms with Crippen molar-refractivity contribution in [1.82, 2.24) is 5.32 Å². The van der Waals surface area contributed by atoms with Gasteiger partial charge in [-0.1, -0.05) is 43.4 Å². The summed E-state index contributed by atoms with van der Waals surface area (Å²) in [5.74, 6) is 4.22. The molecule has 0 radical (unpaired) electrons. The molecular weight excluding hydrogens is 645 g/mol. The molecule has 0 aromatic heterocycles. The van der Waals surface area contributed by atoms with Crippen LogP contribution in [0.4, 0.5) is 0 Å². The Morgan fingerprint density at radius 2 is 1.75 bits per heavy atom. The fraction of sp³-hybridized carbons (Fsp3) is 0.906. The Kier molecular flexibility index (Phi) is 11.6. The Bertz CT molecular complexity index is 902. The van der Waals surface area contributed by atoms with E-state index in [1.807, 2.05) is 7.05 Å². The summed E-state index contributed by atoms with van der Waals surface area (Å²) in [5, 5.41) is 3.40. The molecule has 2 saturated carbocycles. The van der Waals surface area contributed by atoms with Gasteiger partial charge in [0, 0.05) is 22.8 Å². The van der Waals surface area contributed by atoms with Crippen molar-refractivity contribution >= 4 is 45.2 Å². The van der Waals surface area contributed by atoms with Crippen LogP contribution >= 0.6 is 22.6 Å². The van der Waals surface area contributed by atoms with E-state index in [1.165, 1.54) is 45.0 Å². The topological polar surface area (TPSA) is 56.8 Å². The number of hydrogen-bond donors (Lipinski definition) is 1. The van der Waals surface area contributed by atoms with Gasteiger partial charge >= 0.3 is 5.97 Å². The number of likely N-dealkylation sites (N-methyl/N-ethyl adjacent to an activating group) is 1. The fourth-order valence-corrected chi connectivity index (χ4v) is 12.0. The largest absolute Gasteiger partial charge is 0.547 e. The number of rotatable bonds is 13. The van der Waals surface area contributed by atoms with E-state index >= 15 is 0 Å². The number of ether oxygens (including phenoxy) is 1. The second kappa shape index (κ2) is 13.4. The lowest BCUT2D eigenvalue weighted by Crippen LogP contribution is -2.53. The highest BCUT2D eigenvalue weighted by Crippen LogP contribution is 2.67. The molecule has 0 bridgehead atoms. The van der Waals surface area contributed by atoms with Gasteiger partial charge < -0.3 is 18.9 Å². The van der Waals surface area contributed by atoms with Crippen molar-refractivity contribution in [2.75, 3.05) is 20.7 Å². The molecule has 40 heavy (non-hydrogen) atoms. The van der Waals surface area contributed by atoms with Gasteiger partial charge in [0.25, 0.3) is 0 Å². The number of methoxy groups -OCH3 is 1.